The zero-order valence-corrected chi connectivity index (χ0v) is 13.6. The van der Waals surface area contributed by atoms with E-state index in [1.165, 1.54) is 18.3 Å². The SMILES string of the molecule is Brc1ccc(N2C=CC=NC=C2)nc1.C1CC2CC(C1)C2. The number of aliphatic imine (C=N–C) groups is 1. The van der Waals surface area contributed by atoms with Crippen LogP contribution >= 0.6 is 15.9 Å². The summed E-state index contributed by atoms with van der Waals surface area (Å²) >= 11 is 3.34. The van der Waals surface area contributed by atoms with E-state index < -0.39 is 0 Å². The Hall–Kier alpha value is -1.42. The summed E-state index contributed by atoms with van der Waals surface area (Å²) in [6.45, 7) is 0. The van der Waals surface area contributed by atoms with Gasteiger partial charge in [0.2, 0.25) is 0 Å². The minimum Gasteiger partial charge on any atom is -0.307 e. The number of anilines is 1. The van der Waals surface area contributed by atoms with Gasteiger partial charge in [0, 0.05) is 35.5 Å². The maximum atomic E-state index is 4.26. The Morgan fingerprint density at radius 3 is 2.48 bits per heavy atom. The fraction of sp³-hybridized carbons (Fsp3) is 0.412. The Bertz CT molecular complexity index is 512. The fourth-order valence-electron chi connectivity index (χ4n) is 3.10. The third kappa shape index (κ3) is 4.03. The van der Waals surface area contributed by atoms with E-state index >= 15 is 0 Å². The van der Waals surface area contributed by atoms with Crippen molar-refractivity contribution in [3.63, 3.8) is 0 Å². The number of hydrogen-bond donors (Lipinski definition) is 0. The van der Waals surface area contributed by atoms with Gasteiger partial charge in [-0.1, -0.05) is 19.3 Å². The molecule has 2 bridgehead atoms. The van der Waals surface area contributed by atoms with Crippen LogP contribution in [0.25, 0.3) is 0 Å². The first kappa shape index (κ1) is 14.5. The second-order valence-corrected chi connectivity index (χ2v) is 6.73. The summed E-state index contributed by atoms with van der Waals surface area (Å²) in [6.07, 6.45) is 18.7. The van der Waals surface area contributed by atoms with Crippen molar-refractivity contribution >= 4 is 28.0 Å². The number of halogens is 1. The van der Waals surface area contributed by atoms with Gasteiger partial charge in [0.15, 0.2) is 0 Å². The van der Waals surface area contributed by atoms with Crippen molar-refractivity contribution in [2.75, 3.05) is 4.90 Å². The highest BCUT2D eigenvalue weighted by Crippen LogP contribution is 2.45. The van der Waals surface area contributed by atoms with Crippen LogP contribution in [0.4, 0.5) is 5.82 Å². The van der Waals surface area contributed by atoms with Gasteiger partial charge in [0.1, 0.15) is 5.82 Å². The third-order valence-corrected chi connectivity index (χ3v) is 4.74. The van der Waals surface area contributed by atoms with Gasteiger partial charge in [-0.05, 0) is 58.8 Å². The largest absolute Gasteiger partial charge is 0.307 e. The topological polar surface area (TPSA) is 28.5 Å². The molecule has 3 saturated carbocycles. The van der Waals surface area contributed by atoms with Crippen LogP contribution in [0.15, 0.2) is 52.5 Å². The van der Waals surface area contributed by atoms with Crippen LogP contribution in [0.5, 0.6) is 0 Å². The molecule has 3 fully saturated rings. The molecule has 3 aliphatic carbocycles. The Labute approximate surface area is 134 Å². The number of allylic oxidation sites excluding steroid dienone is 1. The summed E-state index contributed by atoms with van der Waals surface area (Å²) in [7, 11) is 0. The molecular weight excluding hydrogens is 326 g/mol. The molecule has 0 atom stereocenters. The molecule has 4 heteroatoms. The molecule has 1 aromatic rings. The van der Waals surface area contributed by atoms with E-state index in [4.69, 9.17) is 0 Å². The van der Waals surface area contributed by atoms with Crippen molar-refractivity contribution in [1.29, 1.82) is 0 Å². The average molecular weight is 346 g/mol. The van der Waals surface area contributed by atoms with Crippen molar-refractivity contribution in [2.24, 2.45) is 16.8 Å². The highest BCUT2D eigenvalue weighted by atomic mass is 79.9. The van der Waals surface area contributed by atoms with Gasteiger partial charge in [-0.3, -0.25) is 4.99 Å². The van der Waals surface area contributed by atoms with Crippen molar-refractivity contribution in [1.82, 2.24) is 4.98 Å². The summed E-state index contributed by atoms with van der Waals surface area (Å²) in [4.78, 5) is 10.2. The first-order valence-electron chi connectivity index (χ1n) is 7.58. The van der Waals surface area contributed by atoms with Crippen LogP contribution in [-0.4, -0.2) is 11.2 Å². The molecule has 1 aromatic heterocycles. The fourth-order valence-corrected chi connectivity index (χ4v) is 3.34. The number of fused-ring (bicyclic) bond motifs is 2. The minimum atomic E-state index is 0.867. The molecule has 2 heterocycles. The van der Waals surface area contributed by atoms with Gasteiger partial charge in [-0.25, -0.2) is 4.98 Å². The number of nitrogens with zero attached hydrogens (tertiary/aromatic N) is 3. The number of aromatic nitrogens is 1. The van der Waals surface area contributed by atoms with E-state index in [0.717, 1.165) is 10.3 Å². The Morgan fingerprint density at radius 1 is 1.10 bits per heavy atom. The third-order valence-electron chi connectivity index (χ3n) is 4.27. The molecule has 0 aromatic carbocycles. The lowest BCUT2D eigenvalue weighted by atomic mass is 9.65. The standard InChI is InChI=1S/C10H8BrN3.C7H12/c11-9-2-3-10(13-8-9)14-6-1-4-12-5-7-14;1-2-6-4-7(3-1)5-6/h1-8H;6-7H,1-5H2. The second kappa shape index (κ2) is 7.03. The Balaban J connectivity index is 0.000000156. The lowest BCUT2D eigenvalue weighted by Crippen LogP contribution is -2.28. The maximum Gasteiger partial charge on any atom is 0.136 e. The van der Waals surface area contributed by atoms with Crippen LogP contribution < -0.4 is 4.90 Å². The van der Waals surface area contributed by atoms with Gasteiger partial charge < -0.3 is 4.90 Å². The molecule has 0 radical (unpaired) electrons. The van der Waals surface area contributed by atoms with Gasteiger partial charge >= 0.3 is 0 Å². The summed E-state index contributed by atoms with van der Waals surface area (Å²) in [5.41, 5.74) is 0. The minimum absolute atomic E-state index is 0.867. The van der Waals surface area contributed by atoms with Crippen LogP contribution in [-0.2, 0) is 0 Å². The molecule has 0 amide bonds. The Morgan fingerprint density at radius 2 is 1.90 bits per heavy atom. The molecular formula is C17H20BrN3. The van der Waals surface area contributed by atoms with Crippen LogP contribution in [0.3, 0.4) is 0 Å². The molecule has 0 spiro atoms. The first-order valence-corrected chi connectivity index (χ1v) is 8.37. The normalized spacial score (nSPS) is 25.7. The van der Waals surface area contributed by atoms with Crippen molar-refractivity contribution in [3.05, 3.63) is 47.5 Å². The summed E-state index contributed by atoms with van der Waals surface area (Å²) < 4.78 is 0.972. The Kier molecular flexibility index (Phi) is 4.86. The van der Waals surface area contributed by atoms with Gasteiger partial charge in [-0.2, -0.15) is 0 Å². The quantitative estimate of drug-likeness (QED) is 0.722. The number of pyridine rings is 1. The summed E-state index contributed by atoms with van der Waals surface area (Å²) in [6, 6.07) is 3.89. The van der Waals surface area contributed by atoms with Crippen LogP contribution in [0.1, 0.15) is 32.1 Å². The van der Waals surface area contributed by atoms with E-state index in [2.05, 4.69) is 25.9 Å². The van der Waals surface area contributed by atoms with Gasteiger partial charge in [0.05, 0.1) is 0 Å². The highest BCUT2D eigenvalue weighted by molar-refractivity contribution is 9.10. The molecule has 3 nitrogen and oxygen atoms in total. The molecule has 0 N–H and O–H groups in total. The average Bonchev–Trinajstić information content (AvgIpc) is 2.78. The molecule has 5 rings (SSSR count). The lowest BCUT2D eigenvalue weighted by molar-refractivity contribution is 0.116. The highest BCUT2D eigenvalue weighted by Gasteiger charge is 2.32. The molecule has 1 aliphatic heterocycles. The molecule has 110 valence electrons. The van der Waals surface area contributed by atoms with E-state index in [1.807, 2.05) is 35.5 Å². The van der Waals surface area contributed by atoms with Gasteiger partial charge in [-0.15, -0.1) is 0 Å². The monoisotopic (exact) mass is 345 g/mol. The van der Waals surface area contributed by atoms with E-state index in [-0.39, 0.29) is 0 Å². The van der Waals surface area contributed by atoms with Crippen LogP contribution in [0, 0.1) is 11.8 Å². The smallest absolute Gasteiger partial charge is 0.136 e. The van der Waals surface area contributed by atoms with Crippen LogP contribution in [0.2, 0.25) is 0 Å². The molecule has 0 unspecified atom stereocenters. The zero-order valence-electron chi connectivity index (χ0n) is 12.0. The zero-order chi connectivity index (χ0) is 14.5. The van der Waals surface area contributed by atoms with Crippen molar-refractivity contribution in [2.45, 2.75) is 32.1 Å². The van der Waals surface area contributed by atoms with E-state index in [0.29, 0.717) is 0 Å². The summed E-state index contributed by atoms with van der Waals surface area (Å²) in [5, 5.41) is 0. The molecule has 21 heavy (non-hydrogen) atoms. The van der Waals surface area contributed by atoms with Crippen molar-refractivity contribution < 1.29 is 0 Å². The lowest BCUT2D eigenvalue weighted by Gasteiger charge is -2.40. The second-order valence-electron chi connectivity index (χ2n) is 5.81. The predicted octanol–water partition coefficient (Wildman–Crippen LogP) is 4.92. The van der Waals surface area contributed by atoms with Gasteiger partial charge in [0.25, 0.3) is 0 Å². The van der Waals surface area contributed by atoms with E-state index in [1.54, 1.807) is 44.3 Å². The molecule has 0 saturated heterocycles. The van der Waals surface area contributed by atoms with E-state index in [9.17, 15) is 0 Å². The predicted molar refractivity (Wildman–Crippen MR) is 91.3 cm³/mol. The number of hydrogen-bond acceptors (Lipinski definition) is 3. The van der Waals surface area contributed by atoms with Crippen molar-refractivity contribution in [3.8, 4) is 0 Å². The number of rotatable bonds is 1. The summed E-state index contributed by atoms with van der Waals surface area (Å²) in [5.74, 6) is 3.23. The first-order chi connectivity index (χ1) is 10.3. The molecule has 4 aliphatic rings. The maximum absolute atomic E-state index is 4.26.